The van der Waals surface area contributed by atoms with E-state index in [0.717, 1.165) is 41.3 Å². The molecule has 2 aromatic rings. The summed E-state index contributed by atoms with van der Waals surface area (Å²) in [4.78, 5) is 24.0. The minimum atomic E-state index is 0.238. The second-order valence-corrected chi connectivity index (χ2v) is 8.02. The molecule has 0 spiro atoms. The Morgan fingerprint density at radius 1 is 1.25 bits per heavy atom. The number of carbonyl (C=O) groups is 1. The molecule has 1 aromatic carbocycles. The van der Waals surface area contributed by atoms with Gasteiger partial charge in [-0.05, 0) is 37.7 Å². The molecule has 0 radical (unpaired) electrons. The van der Waals surface area contributed by atoms with E-state index in [4.69, 9.17) is 9.97 Å². The van der Waals surface area contributed by atoms with Crippen molar-refractivity contribution in [1.82, 2.24) is 14.9 Å². The van der Waals surface area contributed by atoms with Crippen LogP contribution in [0.25, 0.3) is 10.9 Å². The maximum Gasteiger partial charge on any atom is 0.232 e. The average Bonchev–Trinajstić information content (AvgIpc) is 3.44. The summed E-state index contributed by atoms with van der Waals surface area (Å²) in [5.41, 5.74) is 0.996. The Kier molecular flexibility index (Phi) is 4.44. The summed E-state index contributed by atoms with van der Waals surface area (Å²) in [5.74, 6) is 2.80. The van der Waals surface area contributed by atoms with Crippen LogP contribution < -0.4 is 0 Å². The highest BCUT2D eigenvalue weighted by Gasteiger charge is 2.28. The maximum atomic E-state index is 12.5. The summed E-state index contributed by atoms with van der Waals surface area (Å²) in [7, 11) is 0. The van der Waals surface area contributed by atoms with Crippen molar-refractivity contribution in [2.24, 2.45) is 5.92 Å². The van der Waals surface area contributed by atoms with E-state index < -0.39 is 0 Å². The molecule has 1 unspecified atom stereocenters. The SMILES string of the molecule is CC1CCCN(C(=O)CSc2nc(C3CC3)nc3ccccc23)C1. The van der Waals surface area contributed by atoms with Gasteiger partial charge in [-0.15, -0.1) is 0 Å². The van der Waals surface area contributed by atoms with E-state index in [1.807, 2.05) is 23.1 Å². The molecule has 126 valence electrons. The van der Waals surface area contributed by atoms with Crippen molar-refractivity contribution < 1.29 is 4.79 Å². The van der Waals surface area contributed by atoms with Gasteiger partial charge in [0.25, 0.3) is 0 Å². The van der Waals surface area contributed by atoms with E-state index in [9.17, 15) is 4.79 Å². The molecule has 1 aliphatic carbocycles. The van der Waals surface area contributed by atoms with Gasteiger partial charge in [0.05, 0.1) is 11.3 Å². The second-order valence-electron chi connectivity index (χ2n) is 7.05. The molecular formula is C19H23N3OS. The van der Waals surface area contributed by atoms with Crippen LogP contribution in [0.2, 0.25) is 0 Å². The normalized spacial score (nSPS) is 21.2. The number of para-hydroxylation sites is 1. The highest BCUT2D eigenvalue weighted by atomic mass is 32.2. The van der Waals surface area contributed by atoms with Gasteiger partial charge in [0.1, 0.15) is 10.9 Å². The van der Waals surface area contributed by atoms with E-state index in [1.54, 1.807) is 11.8 Å². The average molecular weight is 341 g/mol. The molecule has 4 nitrogen and oxygen atoms in total. The van der Waals surface area contributed by atoms with Crippen molar-refractivity contribution in [3.8, 4) is 0 Å². The molecule has 1 saturated carbocycles. The molecular weight excluding hydrogens is 318 g/mol. The summed E-state index contributed by atoms with van der Waals surface area (Å²) in [6.07, 6.45) is 4.73. The maximum absolute atomic E-state index is 12.5. The van der Waals surface area contributed by atoms with Crippen molar-refractivity contribution >= 4 is 28.6 Å². The Balaban J connectivity index is 1.52. The third-order valence-electron chi connectivity index (χ3n) is 4.87. The van der Waals surface area contributed by atoms with Gasteiger partial charge in [-0.1, -0.05) is 36.9 Å². The van der Waals surface area contributed by atoms with Crippen molar-refractivity contribution in [2.75, 3.05) is 18.8 Å². The first-order valence-corrected chi connectivity index (χ1v) is 9.86. The highest BCUT2D eigenvalue weighted by molar-refractivity contribution is 8.00. The van der Waals surface area contributed by atoms with Crippen LogP contribution in [0.1, 0.15) is 44.3 Å². The highest BCUT2D eigenvalue weighted by Crippen LogP contribution is 2.39. The monoisotopic (exact) mass is 341 g/mol. The number of aromatic nitrogens is 2. The fourth-order valence-corrected chi connectivity index (χ4v) is 4.27. The molecule has 1 atom stereocenters. The molecule has 24 heavy (non-hydrogen) atoms. The zero-order valence-electron chi connectivity index (χ0n) is 14.1. The van der Waals surface area contributed by atoms with Gasteiger partial charge in [0, 0.05) is 24.4 Å². The molecule has 0 bridgehead atoms. The number of amides is 1. The Bertz CT molecular complexity index is 759. The van der Waals surface area contributed by atoms with Gasteiger partial charge in [0.2, 0.25) is 5.91 Å². The molecule has 0 N–H and O–H groups in total. The van der Waals surface area contributed by atoms with Crippen LogP contribution in [0.5, 0.6) is 0 Å². The van der Waals surface area contributed by atoms with Crippen LogP contribution in [0.4, 0.5) is 0 Å². The Hall–Kier alpha value is -1.62. The van der Waals surface area contributed by atoms with Gasteiger partial charge in [-0.25, -0.2) is 9.97 Å². The first kappa shape index (κ1) is 15.9. The minimum absolute atomic E-state index is 0.238. The van der Waals surface area contributed by atoms with Crippen LogP contribution in [-0.2, 0) is 4.79 Å². The van der Waals surface area contributed by atoms with E-state index >= 15 is 0 Å². The number of rotatable bonds is 4. The molecule has 1 aromatic heterocycles. The summed E-state index contributed by atoms with van der Waals surface area (Å²) >= 11 is 1.57. The number of hydrogen-bond acceptors (Lipinski definition) is 4. The summed E-state index contributed by atoms with van der Waals surface area (Å²) < 4.78 is 0. The van der Waals surface area contributed by atoms with Crippen molar-refractivity contribution in [1.29, 1.82) is 0 Å². The van der Waals surface area contributed by atoms with Crippen molar-refractivity contribution in [3.63, 3.8) is 0 Å². The number of likely N-dealkylation sites (tertiary alicyclic amines) is 1. The van der Waals surface area contributed by atoms with E-state index in [1.165, 1.54) is 19.3 Å². The molecule has 1 saturated heterocycles. The second kappa shape index (κ2) is 6.71. The zero-order chi connectivity index (χ0) is 16.5. The lowest BCUT2D eigenvalue weighted by atomic mass is 10.0. The topological polar surface area (TPSA) is 46.1 Å². The van der Waals surface area contributed by atoms with E-state index in [2.05, 4.69) is 13.0 Å². The third kappa shape index (κ3) is 3.41. The zero-order valence-corrected chi connectivity index (χ0v) is 14.9. The lowest BCUT2D eigenvalue weighted by molar-refractivity contribution is -0.130. The first-order chi connectivity index (χ1) is 11.7. The minimum Gasteiger partial charge on any atom is -0.342 e. The quantitative estimate of drug-likeness (QED) is 0.626. The predicted molar refractivity (Wildman–Crippen MR) is 97.2 cm³/mol. The van der Waals surface area contributed by atoms with E-state index in [0.29, 0.717) is 17.6 Å². The number of carbonyl (C=O) groups excluding carboxylic acids is 1. The number of fused-ring (bicyclic) bond motifs is 1. The fraction of sp³-hybridized carbons (Fsp3) is 0.526. The van der Waals surface area contributed by atoms with Gasteiger partial charge < -0.3 is 4.90 Å². The number of thioether (sulfide) groups is 1. The van der Waals surface area contributed by atoms with Crippen LogP contribution in [0.3, 0.4) is 0 Å². The predicted octanol–water partition coefficient (Wildman–Crippen LogP) is 3.86. The molecule has 5 heteroatoms. The first-order valence-electron chi connectivity index (χ1n) is 8.88. The summed E-state index contributed by atoms with van der Waals surface area (Å²) in [6.45, 7) is 4.03. The van der Waals surface area contributed by atoms with Gasteiger partial charge >= 0.3 is 0 Å². The Labute approximate surface area is 147 Å². The molecule has 2 fully saturated rings. The summed E-state index contributed by atoms with van der Waals surface area (Å²) in [6, 6.07) is 8.13. The molecule has 2 heterocycles. The van der Waals surface area contributed by atoms with Crippen molar-refractivity contribution in [2.45, 2.75) is 43.6 Å². The number of nitrogens with zero attached hydrogens (tertiary/aromatic N) is 3. The number of benzene rings is 1. The van der Waals surface area contributed by atoms with E-state index in [-0.39, 0.29) is 5.91 Å². The number of piperidine rings is 1. The molecule has 4 rings (SSSR count). The van der Waals surface area contributed by atoms with Crippen LogP contribution in [0.15, 0.2) is 29.3 Å². The lowest BCUT2D eigenvalue weighted by Gasteiger charge is -2.30. The van der Waals surface area contributed by atoms with Gasteiger partial charge in [-0.3, -0.25) is 4.79 Å². The molecule has 1 aliphatic heterocycles. The standard InChI is InChI=1S/C19H23N3OS/c1-13-5-4-10-22(11-13)17(23)12-24-19-15-6-2-3-7-16(15)20-18(21-19)14-8-9-14/h2-3,6-7,13-14H,4-5,8-12H2,1H3. The van der Waals surface area contributed by atoms with Gasteiger partial charge in [0.15, 0.2) is 0 Å². The smallest absolute Gasteiger partial charge is 0.232 e. The number of hydrogen-bond donors (Lipinski definition) is 0. The third-order valence-corrected chi connectivity index (χ3v) is 5.85. The lowest BCUT2D eigenvalue weighted by Crippen LogP contribution is -2.40. The van der Waals surface area contributed by atoms with Crippen LogP contribution in [-0.4, -0.2) is 39.6 Å². The fourth-order valence-electron chi connectivity index (χ4n) is 3.34. The Morgan fingerprint density at radius 3 is 2.88 bits per heavy atom. The van der Waals surface area contributed by atoms with Gasteiger partial charge in [-0.2, -0.15) is 0 Å². The summed E-state index contributed by atoms with van der Waals surface area (Å²) in [5, 5.41) is 2.02. The Morgan fingerprint density at radius 2 is 2.08 bits per heavy atom. The largest absolute Gasteiger partial charge is 0.342 e. The van der Waals surface area contributed by atoms with Crippen molar-refractivity contribution in [3.05, 3.63) is 30.1 Å². The van der Waals surface area contributed by atoms with Crippen LogP contribution >= 0.6 is 11.8 Å². The molecule has 2 aliphatic rings. The molecule has 1 amide bonds. The van der Waals surface area contributed by atoms with Crippen LogP contribution in [0, 0.1) is 5.92 Å².